The summed E-state index contributed by atoms with van der Waals surface area (Å²) in [6, 6.07) is 8.19. The second kappa shape index (κ2) is 5.87. The number of hydrogen-bond donors (Lipinski definition) is 1. The molecule has 0 spiro atoms. The van der Waals surface area contributed by atoms with Gasteiger partial charge in [-0.15, -0.1) is 0 Å². The summed E-state index contributed by atoms with van der Waals surface area (Å²) in [5.74, 6) is 0.772. The Morgan fingerprint density at radius 3 is 2.89 bits per heavy atom. The van der Waals surface area contributed by atoms with Gasteiger partial charge in [-0.05, 0) is 48.8 Å². The molecule has 1 atom stereocenters. The Balaban J connectivity index is 2.16. The van der Waals surface area contributed by atoms with Gasteiger partial charge in [0.1, 0.15) is 0 Å². The van der Waals surface area contributed by atoms with Crippen molar-refractivity contribution in [1.82, 2.24) is 0 Å². The average Bonchev–Trinajstić information content (AvgIpc) is 2.38. The minimum absolute atomic E-state index is 0.166. The fraction of sp³-hybridized carbons (Fsp3) is 0.588. The largest absolute Gasteiger partial charge is 0.330 e. The SMILES string of the molecule is CC1(C)CCCC(c2cccc(C(=O)CCN)c2)C1. The van der Waals surface area contributed by atoms with Crippen LogP contribution in [0, 0.1) is 5.41 Å². The standard InChI is InChI=1S/C17H25NO/c1-17(2)9-4-7-15(12-17)13-5-3-6-14(11-13)16(19)8-10-18/h3,5-6,11,15H,4,7-10,12,18H2,1-2H3. The highest BCUT2D eigenvalue weighted by molar-refractivity contribution is 5.96. The first kappa shape index (κ1) is 14.3. The highest BCUT2D eigenvalue weighted by Gasteiger charge is 2.28. The summed E-state index contributed by atoms with van der Waals surface area (Å²) in [5, 5.41) is 0. The molecule has 0 aliphatic heterocycles. The predicted molar refractivity (Wildman–Crippen MR) is 79.4 cm³/mol. The van der Waals surface area contributed by atoms with Crippen molar-refractivity contribution in [1.29, 1.82) is 0 Å². The third-order valence-electron chi connectivity index (χ3n) is 4.26. The van der Waals surface area contributed by atoms with Gasteiger partial charge >= 0.3 is 0 Å². The molecule has 0 amide bonds. The normalized spacial score (nSPS) is 22.2. The van der Waals surface area contributed by atoms with Crippen molar-refractivity contribution >= 4 is 5.78 Å². The van der Waals surface area contributed by atoms with Crippen LogP contribution in [0.3, 0.4) is 0 Å². The molecule has 1 saturated carbocycles. The van der Waals surface area contributed by atoms with Crippen molar-refractivity contribution in [2.24, 2.45) is 11.1 Å². The van der Waals surface area contributed by atoms with E-state index in [0.717, 1.165) is 5.56 Å². The zero-order valence-electron chi connectivity index (χ0n) is 12.1. The van der Waals surface area contributed by atoms with E-state index < -0.39 is 0 Å². The van der Waals surface area contributed by atoms with E-state index in [4.69, 9.17) is 5.73 Å². The quantitative estimate of drug-likeness (QED) is 0.833. The van der Waals surface area contributed by atoms with Crippen molar-refractivity contribution in [2.45, 2.75) is 51.9 Å². The van der Waals surface area contributed by atoms with Crippen molar-refractivity contribution in [2.75, 3.05) is 6.54 Å². The van der Waals surface area contributed by atoms with Crippen LogP contribution in [0.1, 0.15) is 67.8 Å². The van der Waals surface area contributed by atoms with Gasteiger partial charge in [-0.3, -0.25) is 4.79 Å². The van der Waals surface area contributed by atoms with Crippen LogP contribution in [0.4, 0.5) is 0 Å². The Kier molecular flexibility index (Phi) is 4.41. The fourth-order valence-electron chi connectivity index (χ4n) is 3.22. The lowest BCUT2D eigenvalue weighted by atomic mass is 9.70. The summed E-state index contributed by atoms with van der Waals surface area (Å²) in [6.07, 6.45) is 5.52. The zero-order valence-corrected chi connectivity index (χ0v) is 12.1. The second-order valence-electron chi connectivity index (χ2n) is 6.54. The predicted octanol–water partition coefficient (Wildman–Crippen LogP) is 3.90. The van der Waals surface area contributed by atoms with Gasteiger partial charge in [0.05, 0.1) is 0 Å². The van der Waals surface area contributed by atoms with Gasteiger partial charge in [0.15, 0.2) is 5.78 Å². The third kappa shape index (κ3) is 3.66. The Hall–Kier alpha value is -1.15. The molecule has 2 heteroatoms. The first-order valence-electron chi connectivity index (χ1n) is 7.35. The van der Waals surface area contributed by atoms with Crippen LogP contribution in [0.25, 0.3) is 0 Å². The lowest BCUT2D eigenvalue weighted by Gasteiger charge is -2.35. The summed E-state index contributed by atoms with van der Waals surface area (Å²) in [5.41, 5.74) is 8.05. The number of benzene rings is 1. The smallest absolute Gasteiger partial charge is 0.164 e. The van der Waals surface area contributed by atoms with E-state index in [1.54, 1.807) is 0 Å². The number of carbonyl (C=O) groups excluding carboxylic acids is 1. The minimum Gasteiger partial charge on any atom is -0.330 e. The molecular formula is C17H25NO. The molecule has 0 radical (unpaired) electrons. The molecule has 1 aromatic carbocycles. The van der Waals surface area contributed by atoms with Crippen molar-refractivity contribution in [3.63, 3.8) is 0 Å². The topological polar surface area (TPSA) is 43.1 Å². The Morgan fingerprint density at radius 2 is 2.21 bits per heavy atom. The number of carbonyl (C=O) groups is 1. The lowest BCUT2D eigenvalue weighted by molar-refractivity contribution is 0.0985. The molecular weight excluding hydrogens is 234 g/mol. The van der Waals surface area contributed by atoms with Crippen LogP contribution in [-0.4, -0.2) is 12.3 Å². The summed E-state index contributed by atoms with van der Waals surface area (Å²) < 4.78 is 0. The van der Waals surface area contributed by atoms with E-state index in [2.05, 4.69) is 26.0 Å². The van der Waals surface area contributed by atoms with Crippen LogP contribution in [0.2, 0.25) is 0 Å². The van der Waals surface area contributed by atoms with E-state index >= 15 is 0 Å². The average molecular weight is 259 g/mol. The number of hydrogen-bond acceptors (Lipinski definition) is 2. The summed E-state index contributed by atoms with van der Waals surface area (Å²) in [6.45, 7) is 5.13. The molecule has 0 heterocycles. The zero-order chi connectivity index (χ0) is 13.9. The van der Waals surface area contributed by atoms with Crippen LogP contribution >= 0.6 is 0 Å². The second-order valence-corrected chi connectivity index (χ2v) is 6.54. The van der Waals surface area contributed by atoms with Crippen molar-refractivity contribution in [3.05, 3.63) is 35.4 Å². The third-order valence-corrected chi connectivity index (χ3v) is 4.26. The Bertz CT molecular complexity index is 450. The first-order valence-corrected chi connectivity index (χ1v) is 7.35. The van der Waals surface area contributed by atoms with Gasteiger partial charge in [-0.25, -0.2) is 0 Å². The molecule has 0 saturated heterocycles. The molecule has 1 unspecified atom stereocenters. The van der Waals surface area contributed by atoms with Crippen molar-refractivity contribution in [3.8, 4) is 0 Å². The number of ketones is 1. The lowest BCUT2D eigenvalue weighted by Crippen LogP contribution is -2.21. The summed E-state index contributed by atoms with van der Waals surface area (Å²) in [4.78, 5) is 11.9. The number of rotatable bonds is 4. The molecule has 0 aromatic heterocycles. The minimum atomic E-state index is 0.166. The summed E-state index contributed by atoms with van der Waals surface area (Å²) in [7, 11) is 0. The van der Waals surface area contributed by atoms with Gasteiger partial charge in [-0.1, -0.05) is 38.5 Å². The van der Waals surface area contributed by atoms with Gasteiger partial charge in [0.25, 0.3) is 0 Å². The van der Waals surface area contributed by atoms with Gasteiger partial charge in [-0.2, -0.15) is 0 Å². The van der Waals surface area contributed by atoms with Crippen LogP contribution in [0.15, 0.2) is 24.3 Å². The molecule has 19 heavy (non-hydrogen) atoms. The maximum atomic E-state index is 11.9. The molecule has 1 aliphatic carbocycles. The van der Waals surface area contributed by atoms with Gasteiger partial charge in [0, 0.05) is 12.0 Å². The van der Waals surface area contributed by atoms with Crippen LogP contribution in [0.5, 0.6) is 0 Å². The molecule has 0 bridgehead atoms. The van der Waals surface area contributed by atoms with E-state index in [-0.39, 0.29) is 5.78 Å². The van der Waals surface area contributed by atoms with Crippen molar-refractivity contribution < 1.29 is 4.79 Å². The molecule has 2 nitrogen and oxygen atoms in total. The molecule has 1 fully saturated rings. The molecule has 1 aromatic rings. The highest BCUT2D eigenvalue weighted by atomic mass is 16.1. The van der Waals surface area contributed by atoms with Crippen LogP contribution < -0.4 is 5.73 Å². The Morgan fingerprint density at radius 1 is 1.42 bits per heavy atom. The van der Waals surface area contributed by atoms with Gasteiger partial charge in [0.2, 0.25) is 0 Å². The first-order chi connectivity index (χ1) is 9.02. The highest BCUT2D eigenvalue weighted by Crippen LogP contribution is 2.43. The monoisotopic (exact) mass is 259 g/mol. The van der Waals surface area contributed by atoms with E-state index in [0.29, 0.717) is 24.3 Å². The van der Waals surface area contributed by atoms with E-state index in [9.17, 15) is 4.79 Å². The number of Topliss-reactive ketones (excluding diaryl/α,β-unsaturated/α-hetero) is 1. The molecule has 2 rings (SSSR count). The fourth-order valence-corrected chi connectivity index (χ4v) is 3.22. The number of nitrogens with two attached hydrogens (primary N) is 1. The Labute approximate surface area is 116 Å². The molecule has 1 aliphatic rings. The summed E-state index contributed by atoms with van der Waals surface area (Å²) >= 11 is 0. The van der Waals surface area contributed by atoms with E-state index in [1.165, 1.54) is 31.2 Å². The molecule has 2 N–H and O–H groups in total. The van der Waals surface area contributed by atoms with Gasteiger partial charge < -0.3 is 5.73 Å². The molecule has 104 valence electrons. The van der Waals surface area contributed by atoms with E-state index in [1.807, 2.05) is 12.1 Å². The maximum Gasteiger partial charge on any atom is 0.164 e. The maximum absolute atomic E-state index is 11.9. The van der Waals surface area contributed by atoms with Crippen LogP contribution in [-0.2, 0) is 0 Å².